The Balaban J connectivity index is 1.78. The van der Waals surface area contributed by atoms with Gasteiger partial charge in [0.05, 0.1) is 6.07 Å². The van der Waals surface area contributed by atoms with Crippen LogP contribution < -0.4 is 5.32 Å². The molecule has 0 spiro atoms. The van der Waals surface area contributed by atoms with E-state index in [1.807, 2.05) is 6.92 Å². The van der Waals surface area contributed by atoms with Gasteiger partial charge in [0.1, 0.15) is 5.54 Å². The van der Waals surface area contributed by atoms with Gasteiger partial charge in [0.2, 0.25) is 0 Å². The van der Waals surface area contributed by atoms with Gasteiger partial charge in [0.25, 0.3) is 0 Å². The highest BCUT2D eigenvalue weighted by Crippen LogP contribution is 2.27. The lowest BCUT2D eigenvalue weighted by atomic mass is 10.0. The van der Waals surface area contributed by atoms with Crippen LogP contribution >= 0.6 is 0 Å². The van der Waals surface area contributed by atoms with Crippen molar-refractivity contribution >= 4 is 0 Å². The fraction of sp³-hybridized carbons (Fsp3) is 0.923. The lowest BCUT2D eigenvalue weighted by Gasteiger charge is -2.38. The van der Waals surface area contributed by atoms with Gasteiger partial charge in [-0.3, -0.25) is 15.1 Å². The molecule has 2 fully saturated rings. The molecule has 0 aromatic heterocycles. The molecular weight excluding hydrogens is 212 g/mol. The Morgan fingerprint density at radius 2 is 1.94 bits per heavy atom. The Morgan fingerprint density at radius 1 is 1.29 bits per heavy atom. The molecule has 0 bridgehead atoms. The van der Waals surface area contributed by atoms with E-state index in [-0.39, 0.29) is 0 Å². The van der Waals surface area contributed by atoms with Gasteiger partial charge in [-0.15, -0.1) is 0 Å². The van der Waals surface area contributed by atoms with E-state index in [0.29, 0.717) is 0 Å². The minimum absolute atomic E-state index is 0.392. The Morgan fingerprint density at radius 3 is 2.41 bits per heavy atom. The molecule has 1 unspecified atom stereocenters. The molecule has 1 saturated heterocycles. The molecule has 0 aromatic carbocycles. The molecule has 1 saturated carbocycles. The zero-order chi connectivity index (χ0) is 12.3. The molecule has 2 rings (SSSR count). The van der Waals surface area contributed by atoms with Gasteiger partial charge >= 0.3 is 0 Å². The van der Waals surface area contributed by atoms with Crippen LogP contribution in [-0.4, -0.2) is 60.6 Å². The fourth-order valence-corrected chi connectivity index (χ4v) is 2.69. The first-order valence-corrected chi connectivity index (χ1v) is 6.79. The molecule has 17 heavy (non-hydrogen) atoms. The molecule has 0 amide bonds. The Bertz CT molecular complexity index is 286. The lowest BCUT2D eigenvalue weighted by Crippen LogP contribution is -2.55. The maximum absolute atomic E-state index is 9.25. The molecule has 1 N–H and O–H groups in total. The minimum Gasteiger partial charge on any atom is -0.299 e. The first-order chi connectivity index (χ1) is 8.17. The average Bonchev–Trinajstić information content (AvgIpc) is 3.14. The highest BCUT2D eigenvalue weighted by molar-refractivity contribution is 5.06. The predicted molar refractivity (Wildman–Crippen MR) is 68.7 cm³/mol. The number of likely N-dealkylation sites (N-methyl/N-ethyl adjacent to an activating group) is 1. The van der Waals surface area contributed by atoms with E-state index in [1.165, 1.54) is 25.9 Å². The second-order valence-electron chi connectivity index (χ2n) is 5.52. The van der Waals surface area contributed by atoms with Crippen LogP contribution in [0.15, 0.2) is 0 Å². The Labute approximate surface area is 105 Å². The summed E-state index contributed by atoms with van der Waals surface area (Å²) >= 11 is 0. The van der Waals surface area contributed by atoms with Crippen molar-refractivity contribution in [2.45, 2.75) is 38.3 Å². The van der Waals surface area contributed by atoms with Crippen LogP contribution in [0.2, 0.25) is 0 Å². The monoisotopic (exact) mass is 236 g/mol. The molecule has 4 nitrogen and oxygen atoms in total. The summed E-state index contributed by atoms with van der Waals surface area (Å²) in [5, 5.41) is 12.5. The number of hydrogen-bond acceptors (Lipinski definition) is 4. The average molecular weight is 236 g/mol. The van der Waals surface area contributed by atoms with E-state index >= 15 is 0 Å². The zero-order valence-corrected chi connectivity index (χ0v) is 11.1. The Kier molecular flexibility index (Phi) is 4.03. The number of piperazine rings is 1. The predicted octanol–water partition coefficient (Wildman–Crippen LogP) is 0.658. The van der Waals surface area contributed by atoms with Gasteiger partial charge < -0.3 is 0 Å². The van der Waals surface area contributed by atoms with Crippen LogP contribution in [-0.2, 0) is 0 Å². The summed E-state index contributed by atoms with van der Waals surface area (Å²) in [5.74, 6) is 0. The molecule has 0 aromatic rings. The summed E-state index contributed by atoms with van der Waals surface area (Å²) in [6.45, 7) is 10.3. The van der Waals surface area contributed by atoms with Crippen LogP contribution in [0.4, 0.5) is 0 Å². The number of rotatable bonds is 5. The summed E-state index contributed by atoms with van der Waals surface area (Å²) in [7, 11) is 0. The first kappa shape index (κ1) is 12.8. The molecule has 1 heterocycles. The van der Waals surface area contributed by atoms with Crippen molar-refractivity contribution in [1.82, 2.24) is 15.1 Å². The SMILES string of the molecule is CCNC(C)(C#N)CN1CCN(C2CC2)CC1. The second-order valence-corrected chi connectivity index (χ2v) is 5.52. The largest absolute Gasteiger partial charge is 0.299 e. The van der Waals surface area contributed by atoms with Crippen molar-refractivity contribution in [1.29, 1.82) is 5.26 Å². The maximum Gasteiger partial charge on any atom is 0.116 e. The van der Waals surface area contributed by atoms with E-state index < -0.39 is 5.54 Å². The number of nitrogens with zero attached hydrogens (tertiary/aromatic N) is 3. The summed E-state index contributed by atoms with van der Waals surface area (Å²) in [6.07, 6.45) is 2.79. The normalized spacial score (nSPS) is 26.4. The third-order valence-corrected chi connectivity index (χ3v) is 3.82. The van der Waals surface area contributed by atoms with E-state index in [9.17, 15) is 5.26 Å². The zero-order valence-electron chi connectivity index (χ0n) is 11.1. The van der Waals surface area contributed by atoms with Crippen molar-refractivity contribution in [2.24, 2.45) is 0 Å². The summed E-state index contributed by atoms with van der Waals surface area (Å²) in [6, 6.07) is 3.29. The maximum atomic E-state index is 9.25. The molecule has 0 radical (unpaired) electrons. The van der Waals surface area contributed by atoms with Crippen LogP contribution in [0, 0.1) is 11.3 Å². The van der Waals surface area contributed by atoms with Crippen LogP contribution in [0.25, 0.3) is 0 Å². The molecule has 1 atom stereocenters. The highest BCUT2D eigenvalue weighted by Gasteiger charge is 2.33. The quantitative estimate of drug-likeness (QED) is 0.761. The number of hydrogen-bond donors (Lipinski definition) is 1. The van der Waals surface area contributed by atoms with Crippen LogP contribution in [0.1, 0.15) is 26.7 Å². The smallest absolute Gasteiger partial charge is 0.116 e. The molecule has 96 valence electrons. The number of nitrogens with one attached hydrogen (secondary N) is 1. The van der Waals surface area contributed by atoms with Crippen LogP contribution in [0.5, 0.6) is 0 Å². The molecular formula is C13H24N4. The Hall–Kier alpha value is -0.630. The van der Waals surface area contributed by atoms with E-state index in [2.05, 4.69) is 28.1 Å². The minimum atomic E-state index is -0.392. The summed E-state index contributed by atoms with van der Waals surface area (Å²) < 4.78 is 0. The second kappa shape index (κ2) is 5.34. The standard InChI is InChI=1S/C13H24N4/c1-3-15-13(2,10-14)11-16-6-8-17(9-7-16)12-4-5-12/h12,15H,3-9,11H2,1-2H3. The molecule has 4 heteroatoms. The third-order valence-electron chi connectivity index (χ3n) is 3.82. The van der Waals surface area contributed by atoms with E-state index in [1.54, 1.807) is 0 Å². The van der Waals surface area contributed by atoms with Crippen LogP contribution in [0.3, 0.4) is 0 Å². The first-order valence-electron chi connectivity index (χ1n) is 6.79. The van der Waals surface area contributed by atoms with E-state index in [0.717, 1.165) is 32.2 Å². The van der Waals surface area contributed by atoms with Crippen molar-refractivity contribution < 1.29 is 0 Å². The van der Waals surface area contributed by atoms with Crippen molar-refractivity contribution in [3.63, 3.8) is 0 Å². The van der Waals surface area contributed by atoms with Gasteiger partial charge in [-0.05, 0) is 26.3 Å². The van der Waals surface area contributed by atoms with E-state index in [4.69, 9.17) is 0 Å². The van der Waals surface area contributed by atoms with Gasteiger partial charge in [-0.2, -0.15) is 5.26 Å². The van der Waals surface area contributed by atoms with Gasteiger partial charge in [-0.25, -0.2) is 0 Å². The highest BCUT2D eigenvalue weighted by atomic mass is 15.3. The van der Waals surface area contributed by atoms with Crippen molar-refractivity contribution in [3.8, 4) is 6.07 Å². The van der Waals surface area contributed by atoms with Gasteiger partial charge in [0, 0.05) is 38.8 Å². The molecule has 1 aliphatic heterocycles. The van der Waals surface area contributed by atoms with Gasteiger partial charge in [0.15, 0.2) is 0 Å². The molecule has 2 aliphatic rings. The fourth-order valence-electron chi connectivity index (χ4n) is 2.69. The van der Waals surface area contributed by atoms with Gasteiger partial charge in [-0.1, -0.05) is 6.92 Å². The third kappa shape index (κ3) is 3.41. The summed E-state index contributed by atoms with van der Waals surface area (Å²) in [5.41, 5.74) is -0.392. The van der Waals surface area contributed by atoms with Crippen molar-refractivity contribution in [2.75, 3.05) is 39.3 Å². The summed E-state index contributed by atoms with van der Waals surface area (Å²) in [4.78, 5) is 5.03. The van der Waals surface area contributed by atoms with Crippen molar-refractivity contribution in [3.05, 3.63) is 0 Å². The number of nitriles is 1. The topological polar surface area (TPSA) is 42.3 Å². The molecule has 1 aliphatic carbocycles. The lowest BCUT2D eigenvalue weighted by molar-refractivity contribution is 0.111.